The number of fused-ring (bicyclic) bond motifs is 1. The average Bonchev–Trinajstić information content (AvgIpc) is 2.68. The summed E-state index contributed by atoms with van der Waals surface area (Å²) in [5, 5.41) is 11.5. The smallest absolute Gasteiger partial charge is 0.0991 e. The van der Waals surface area contributed by atoms with Crippen molar-refractivity contribution in [1.82, 2.24) is 0 Å². The Hall–Kier alpha value is -3.37. The Balaban J connectivity index is 1.78. The van der Waals surface area contributed by atoms with Gasteiger partial charge in [-0.1, -0.05) is 72.8 Å². The van der Waals surface area contributed by atoms with Crippen LogP contribution in [-0.4, -0.2) is 0 Å². The van der Waals surface area contributed by atoms with E-state index in [1.165, 1.54) is 27.5 Å². The molecule has 4 aromatic rings. The third-order valence-electron chi connectivity index (χ3n) is 4.66. The molecule has 0 aliphatic rings. The van der Waals surface area contributed by atoms with Crippen LogP contribution in [0.25, 0.3) is 33.0 Å². The number of hydrogen-bond acceptors (Lipinski definition) is 1. The molecule has 0 radical (unpaired) electrons. The van der Waals surface area contributed by atoms with E-state index in [0.29, 0.717) is 5.56 Å². The van der Waals surface area contributed by atoms with Crippen LogP contribution >= 0.6 is 0 Å². The predicted molar refractivity (Wildman–Crippen MR) is 104 cm³/mol. The molecule has 0 fully saturated rings. The third kappa shape index (κ3) is 2.79. The number of hydrogen-bond donors (Lipinski definition) is 0. The van der Waals surface area contributed by atoms with Crippen LogP contribution in [0.2, 0.25) is 0 Å². The molecule has 0 bridgehead atoms. The van der Waals surface area contributed by atoms with Crippen LogP contribution in [0.3, 0.4) is 0 Å². The van der Waals surface area contributed by atoms with Crippen LogP contribution in [0.4, 0.5) is 0 Å². The summed E-state index contributed by atoms with van der Waals surface area (Å²) in [7, 11) is 0. The Labute approximate surface area is 147 Å². The lowest BCUT2D eigenvalue weighted by molar-refractivity contribution is 1.48. The Bertz CT molecular complexity index is 1080. The van der Waals surface area contributed by atoms with Gasteiger partial charge in [0.05, 0.1) is 11.6 Å². The standard InChI is InChI=1S/C24H17N/c1-17-6-9-21-4-2-3-5-23(21)24(17)22-14-12-20(13-15-22)19-10-7-18(16-25)8-11-19/h2-15H,1H3. The maximum Gasteiger partial charge on any atom is 0.0991 e. The van der Waals surface area contributed by atoms with E-state index in [1.807, 2.05) is 24.3 Å². The van der Waals surface area contributed by atoms with E-state index in [9.17, 15) is 0 Å². The number of benzene rings is 4. The maximum atomic E-state index is 8.92. The molecule has 4 aromatic carbocycles. The van der Waals surface area contributed by atoms with Gasteiger partial charge in [0.15, 0.2) is 0 Å². The molecular formula is C24H17N. The monoisotopic (exact) mass is 319 g/mol. The van der Waals surface area contributed by atoms with Gasteiger partial charge in [0.25, 0.3) is 0 Å². The van der Waals surface area contributed by atoms with E-state index in [-0.39, 0.29) is 0 Å². The summed E-state index contributed by atoms with van der Waals surface area (Å²) >= 11 is 0. The van der Waals surface area contributed by atoms with E-state index in [0.717, 1.165) is 11.1 Å². The van der Waals surface area contributed by atoms with Crippen molar-refractivity contribution >= 4 is 10.8 Å². The van der Waals surface area contributed by atoms with Crippen molar-refractivity contribution in [3.8, 4) is 28.3 Å². The van der Waals surface area contributed by atoms with Gasteiger partial charge in [-0.2, -0.15) is 5.26 Å². The Morgan fingerprint density at radius 1 is 0.640 bits per heavy atom. The van der Waals surface area contributed by atoms with Gasteiger partial charge < -0.3 is 0 Å². The molecule has 4 rings (SSSR count). The summed E-state index contributed by atoms with van der Waals surface area (Å²) in [6.07, 6.45) is 0. The van der Waals surface area contributed by atoms with E-state index < -0.39 is 0 Å². The van der Waals surface area contributed by atoms with Crippen molar-refractivity contribution in [3.63, 3.8) is 0 Å². The molecular weight excluding hydrogens is 302 g/mol. The van der Waals surface area contributed by atoms with Crippen molar-refractivity contribution in [2.75, 3.05) is 0 Å². The zero-order valence-corrected chi connectivity index (χ0v) is 14.0. The minimum absolute atomic E-state index is 0.687. The minimum atomic E-state index is 0.687. The molecule has 0 N–H and O–H groups in total. The largest absolute Gasteiger partial charge is 0.192 e. The first-order valence-electron chi connectivity index (χ1n) is 8.35. The van der Waals surface area contributed by atoms with Crippen LogP contribution in [0.1, 0.15) is 11.1 Å². The van der Waals surface area contributed by atoms with Gasteiger partial charge in [-0.05, 0) is 57.6 Å². The molecule has 0 aliphatic carbocycles. The fourth-order valence-electron chi connectivity index (χ4n) is 3.33. The van der Waals surface area contributed by atoms with Crippen LogP contribution < -0.4 is 0 Å². The van der Waals surface area contributed by atoms with E-state index in [1.54, 1.807) is 0 Å². The SMILES string of the molecule is Cc1ccc2ccccc2c1-c1ccc(-c2ccc(C#N)cc2)cc1. The molecule has 0 saturated carbocycles. The molecule has 0 heterocycles. The molecule has 1 nitrogen and oxygen atoms in total. The van der Waals surface area contributed by atoms with Crippen LogP contribution in [-0.2, 0) is 0 Å². The Kier molecular flexibility index (Phi) is 3.80. The van der Waals surface area contributed by atoms with Gasteiger partial charge in [-0.15, -0.1) is 0 Å². The molecule has 0 aromatic heterocycles. The van der Waals surface area contributed by atoms with Crippen LogP contribution in [0.5, 0.6) is 0 Å². The first-order chi connectivity index (χ1) is 12.3. The summed E-state index contributed by atoms with van der Waals surface area (Å²) in [6, 6.07) is 31.4. The van der Waals surface area contributed by atoms with Gasteiger partial charge in [-0.25, -0.2) is 0 Å². The second-order valence-electron chi connectivity index (χ2n) is 6.25. The van der Waals surface area contributed by atoms with E-state index in [2.05, 4.69) is 73.7 Å². The number of rotatable bonds is 2. The normalized spacial score (nSPS) is 10.6. The van der Waals surface area contributed by atoms with Crippen LogP contribution in [0, 0.1) is 18.3 Å². The second-order valence-corrected chi connectivity index (χ2v) is 6.25. The molecule has 0 saturated heterocycles. The van der Waals surface area contributed by atoms with Gasteiger partial charge in [0.2, 0.25) is 0 Å². The molecule has 0 amide bonds. The van der Waals surface area contributed by atoms with Gasteiger partial charge >= 0.3 is 0 Å². The molecule has 1 heteroatoms. The van der Waals surface area contributed by atoms with Crippen molar-refractivity contribution < 1.29 is 0 Å². The minimum Gasteiger partial charge on any atom is -0.192 e. The quantitative estimate of drug-likeness (QED) is 0.422. The molecule has 0 unspecified atom stereocenters. The van der Waals surface area contributed by atoms with Crippen molar-refractivity contribution in [2.24, 2.45) is 0 Å². The zero-order valence-electron chi connectivity index (χ0n) is 14.0. The van der Waals surface area contributed by atoms with Crippen molar-refractivity contribution in [3.05, 3.63) is 96.1 Å². The lowest BCUT2D eigenvalue weighted by Crippen LogP contribution is -1.87. The van der Waals surface area contributed by atoms with Crippen LogP contribution in [0.15, 0.2) is 84.9 Å². The topological polar surface area (TPSA) is 23.8 Å². The summed E-state index contributed by atoms with van der Waals surface area (Å²) in [5.41, 5.74) is 6.78. The predicted octanol–water partition coefficient (Wildman–Crippen LogP) is 6.35. The lowest BCUT2D eigenvalue weighted by Gasteiger charge is -2.12. The average molecular weight is 319 g/mol. The number of aryl methyl sites for hydroxylation is 1. The molecule has 0 aliphatic heterocycles. The molecule has 0 atom stereocenters. The zero-order chi connectivity index (χ0) is 17.2. The number of nitrogens with zero attached hydrogens (tertiary/aromatic N) is 1. The fourth-order valence-corrected chi connectivity index (χ4v) is 3.33. The van der Waals surface area contributed by atoms with Gasteiger partial charge in [0.1, 0.15) is 0 Å². The van der Waals surface area contributed by atoms with Gasteiger partial charge in [0, 0.05) is 0 Å². The van der Waals surface area contributed by atoms with E-state index in [4.69, 9.17) is 5.26 Å². The summed E-state index contributed by atoms with van der Waals surface area (Å²) < 4.78 is 0. The van der Waals surface area contributed by atoms with Crippen molar-refractivity contribution in [2.45, 2.75) is 6.92 Å². The molecule has 25 heavy (non-hydrogen) atoms. The summed E-state index contributed by atoms with van der Waals surface area (Å²) in [6.45, 7) is 2.16. The maximum absolute atomic E-state index is 8.92. The van der Waals surface area contributed by atoms with Crippen molar-refractivity contribution in [1.29, 1.82) is 5.26 Å². The van der Waals surface area contributed by atoms with E-state index >= 15 is 0 Å². The highest BCUT2D eigenvalue weighted by molar-refractivity contribution is 5.98. The first kappa shape index (κ1) is 15.2. The fraction of sp³-hybridized carbons (Fsp3) is 0.0417. The summed E-state index contributed by atoms with van der Waals surface area (Å²) in [4.78, 5) is 0. The first-order valence-corrected chi connectivity index (χ1v) is 8.35. The highest BCUT2D eigenvalue weighted by atomic mass is 14.2. The third-order valence-corrected chi connectivity index (χ3v) is 4.66. The lowest BCUT2D eigenvalue weighted by atomic mass is 9.93. The van der Waals surface area contributed by atoms with Gasteiger partial charge in [-0.3, -0.25) is 0 Å². The highest BCUT2D eigenvalue weighted by Crippen LogP contribution is 2.33. The Morgan fingerprint density at radius 3 is 1.92 bits per heavy atom. The number of nitriles is 1. The molecule has 0 spiro atoms. The highest BCUT2D eigenvalue weighted by Gasteiger charge is 2.07. The summed E-state index contributed by atoms with van der Waals surface area (Å²) in [5.74, 6) is 0. The Morgan fingerprint density at radius 2 is 1.24 bits per heavy atom. The second kappa shape index (κ2) is 6.26. The molecule has 118 valence electrons.